The molecule has 9 nitrogen and oxygen atoms in total. The van der Waals surface area contributed by atoms with Gasteiger partial charge in [-0.3, -0.25) is 0 Å². The fraction of sp³-hybridized carbons (Fsp3) is 0.188. The summed E-state index contributed by atoms with van der Waals surface area (Å²) in [6.45, 7) is 1.80. The van der Waals surface area contributed by atoms with E-state index >= 15 is 0 Å². The predicted octanol–water partition coefficient (Wildman–Crippen LogP) is 1.41. The number of imidazole rings is 1. The first-order valence-corrected chi connectivity index (χ1v) is 7.77. The summed E-state index contributed by atoms with van der Waals surface area (Å²) >= 11 is 0. The Balaban J connectivity index is 1.88. The van der Waals surface area contributed by atoms with E-state index in [1.54, 1.807) is 23.7 Å². The van der Waals surface area contributed by atoms with Crippen LogP contribution in [0.2, 0.25) is 0 Å². The number of amidine groups is 1. The number of nitrogens with two attached hydrogens (primary N) is 1. The van der Waals surface area contributed by atoms with Gasteiger partial charge in [0.05, 0.1) is 19.8 Å². The zero-order chi connectivity index (χ0) is 17.6. The molecule has 1 aliphatic rings. The van der Waals surface area contributed by atoms with Crippen molar-refractivity contribution in [1.29, 1.82) is 0 Å². The van der Waals surface area contributed by atoms with Gasteiger partial charge in [-0.2, -0.15) is 9.69 Å². The van der Waals surface area contributed by atoms with Crippen molar-refractivity contribution in [2.24, 2.45) is 5.10 Å². The molecule has 126 valence electrons. The Morgan fingerprint density at radius 2 is 2.04 bits per heavy atom. The zero-order valence-corrected chi connectivity index (χ0v) is 14.2. The van der Waals surface area contributed by atoms with Crippen molar-refractivity contribution in [3.8, 4) is 11.4 Å². The summed E-state index contributed by atoms with van der Waals surface area (Å²) in [4.78, 5) is 13.3. The van der Waals surface area contributed by atoms with Crippen molar-refractivity contribution in [2.75, 3.05) is 25.1 Å². The third-order valence-electron chi connectivity index (χ3n) is 3.70. The molecule has 25 heavy (non-hydrogen) atoms. The van der Waals surface area contributed by atoms with Crippen molar-refractivity contribution in [1.82, 2.24) is 24.6 Å². The number of nitrogens with one attached hydrogen (secondary N) is 1. The Labute approximate surface area is 144 Å². The first-order valence-electron chi connectivity index (χ1n) is 7.77. The number of hydrogen-bond acceptors (Lipinski definition) is 7. The van der Waals surface area contributed by atoms with Crippen LogP contribution in [-0.4, -0.2) is 49.1 Å². The number of quaternary nitrogens is 1. The number of aryl methyl sites for hydroxylation is 1. The lowest BCUT2D eigenvalue weighted by atomic mass is 10.2. The van der Waals surface area contributed by atoms with Crippen molar-refractivity contribution in [3.05, 3.63) is 42.5 Å². The Morgan fingerprint density at radius 3 is 2.76 bits per heavy atom. The minimum absolute atomic E-state index is 0.398. The van der Waals surface area contributed by atoms with Crippen LogP contribution in [0.4, 0.5) is 11.6 Å². The van der Waals surface area contributed by atoms with E-state index in [2.05, 4.69) is 30.5 Å². The van der Waals surface area contributed by atoms with Gasteiger partial charge in [0.1, 0.15) is 23.5 Å². The van der Waals surface area contributed by atoms with Crippen molar-refractivity contribution in [2.45, 2.75) is 6.92 Å². The molecule has 0 atom stereocenters. The predicted molar refractivity (Wildman–Crippen MR) is 95.5 cm³/mol. The van der Waals surface area contributed by atoms with E-state index in [9.17, 15) is 0 Å². The van der Waals surface area contributed by atoms with Gasteiger partial charge in [-0.25, -0.2) is 19.5 Å². The molecule has 9 heteroatoms. The number of anilines is 2. The molecule has 0 saturated heterocycles. The van der Waals surface area contributed by atoms with Crippen LogP contribution in [0.25, 0.3) is 17.0 Å². The van der Waals surface area contributed by atoms with Crippen LogP contribution in [0.1, 0.15) is 5.82 Å². The van der Waals surface area contributed by atoms with E-state index in [-0.39, 0.29) is 0 Å². The summed E-state index contributed by atoms with van der Waals surface area (Å²) in [6.07, 6.45) is 5.59. The fourth-order valence-corrected chi connectivity index (χ4v) is 2.70. The van der Waals surface area contributed by atoms with Gasteiger partial charge in [0.25, 0.3) is 0 Å². The van der Waals surface area contributed by atoms with Crippen LogP contribution >= 0.6 is 0 Å². The molecule has 0 unspecified atom stereocenters. The maximum absolute atomic E-state index is 5.90. The quantitative estimate of drug-likeness (QED) is 0.685. The lowest BCUT2D eigenvalue weighted by molar-refractivity contribution is -0.843. The van der Waals surface area contributed by atoms with Crippen LogP contribution in [-0.2, 0) is 0 Å². The molecule has 0 bridgehead atoms. The van der Waals surface area contributed by atoms with Crippen molar-refractivity contribution < 1.29 is 4.59 Å². The fourth-order valence-electron chi connectivity index (χ4n) is 2.70. The van der Waals surface area contributed by atoms with Crippen LogP contribution in [0.5, 0.6) is 0 Å². The summed E-state index contributed by atoms with van der Waals surface area (Å²) < 4.78 is 2.14. The smallest absolute Gasteiger partial charge is 0.193 e. The summed E-state index contributed by atoms with van der Waals surface area (Å²) in [5, 5.41) is 12.2. The molecule has 0 amide bonds. The summed E-state index contributed by atoms with van der Waals surface area (Å²) in [5.74, 6) is 2.31. The minimum atomic E-state index is 0.398. The molecule has 3 aromatic heterocycles. The van der Waals surface area contributed by atoms with E-state index < -0.39 is 0 Å². The van der Waals surface area contributed by atoms with Gasteiger partial charge in [0.2, 0.25) is 0 Å². The van der Waals surface area contributed by atoms with Gasteiger partial charge in [-0.1, -0.05) is 5.10 Å². The van der Waals surface area contributed by atoms with Crippen molar-refractivity contribution in [3.63, 3.8) is 0 Å². The average Bonchev–Trinajstić information content (AvgIpc) is 3.05. The molecule has 3 N–H and O–H groups in total. The SMILES string of the molecule is Cc1nc(N)cc(-c2c(NC3=N[N+](C)(C)C=C3)nc3cccnn23)n1. The second kappa shape index (κ2) is 5.35. The largest absolute Gasteiger partial charge is 0.384 e. The van der Waals surface area contributed by atoms with E-state index in [1.165, 1.54) is 0 Å². The van der Waals surface area contributed by atoms with Crippen LogP contribution in [0.15, 0.2) is 41.8 Å². The van der Waals surface area contributed by atoms with E-state index in [0.717, 1.165) is 0 Å². The standard InChI is InChI=1S/C16H18N9/c1-10-19-11(9-12(17)20-10)15-16(21-13-6-8-25(2,3)23-13)22-14-5-4-7-18-24(14)15/h4-9H,1-3H3,(H,21,23)(H2,17,19,20)/q+1. The second-order valence-corrected chi connectivity index (χ2v) is 6.23. The number of nitrogen functional groups attached to an aromatic ring is 1. The zero-order valence-electron chi connectivity index (χ0n) is 14.2. The van der Waals surface area contributed by atoms with E-state index in [1.807, 2.05) is 38.5 Å². The van der Waals surface area contributed by atoms with Gasteiger partial charge in [-0.15, -0.1) is 0 Å². The minimum Gasteiger partial charge on any atom is -0.384 e. The average molecular weight is 336 g/mol. The Kier molecular flexibility index (Phi) is 3.25. The molecule has 0 saturated carbocycles. The van der Waals surface area contributed by atoms with Crippen LogP contribution in [0.3, 0.4) is 0 Å². The third-order valence-corrected chi connectivity index (χ3v) is 3.70. The lowest BCUT2D eigenvalue weighted by Crippen LogP contribution is -2.24. The summed E-state index contributed by atoms with van der Waals surface area (Å²) in [7, 11) is 3.96. The molecule has 4 heterocycles. The highest BCUT2D eigenvalue weighted by molar-refractivity contribution is 6.05. The number of aromatic nitrogens is 5. The maximum atomic E-state index is 5.90. The number of rotatable bonds is 2. The molecule has 4 rings (SSSR count). The van der Waals surface area contributed by atoms with Gasteiger partial charge >= 0.3 is 0 Å². The molecule has 0 fully saturated rings. The van der Waals surface area contributed by atoms with Gasteiger partial charge in [0.15, 0.2) is 17.3 Å². The monoisotopic (exact) mass is 336 g/mol. The normalized spacial score (nSPS) is 15.6. The topological polar surface area (TPSA) is 106 Å². The number of hydrogen-bond donors (Lipinski definition) is 2. The van der Waals surface area contributed by atoms with Crippen LogP contribution < -0.4 is 11.1 Å². The molecule has 0 aromatic carbocycles. The molecule has 0 spiro atoms. The highest BCUT2D eigenvalue weighted by Gasteiger charge is 2.23. The Hall–Kier alpha value is -3.33. The summed E-state index contributed by atoms with van der Waals surface area (Å²) in [6, 6.07) is 5.43. The summed E-state index contributed by atoms with van der Waals surface area (Å²) in [5.41, 5.74) is 7.96. The second-order valence-electron chi connectivity index (χ2n) is 6.23. The molecular weight excluding hydrogens is 318 g/mol. The van der Waals surface area contributed by atoms with E-state index in [4.69, 9.17) is 5.73 Å². The van der Waals surface area contributed by atoms with Crippen molar-refractivity contribution >= 4 is 23.1 Å². The maximum Gasteiger partial charge on any atom is 0.193 e. The molecule has 0 aliphatic carbocycles. The first kappa shape index (κ1) is 15.2. The van der Waals surface area contributed by atoms with Gasteiger partial charge in [0, 0.05) is 18.3 Å². The highest BCUT2D eigenvalue weighted by atomic mass is 15.6. The number of nitrogens with zero attached hydrogens (tertiary/aromatic N) is 7. The molecule has 1 aliphatic heterocycles. The molecule has 0 radical (unpaired) electrons. The van der Waals surface area contributed by atoms with E-state index in [0.29, 0.717) is 44.9 Å². The Bertz CT molecular complexity index is 1010. The first-order chi connectivity index (χ1) is 11.9. The third kappa shape index (κ3) is 2.81. The molecular formula is C16H18N9+. The number of fused-ring (bicyclic) bond motifs is 1. The van der Waals surface area contributed by atoms with Crippen LogP contribution in [0, 0.1) is 6.92 Å². The molecule has 3 aromatic rings. The highest BCUT2D eigenvalue weighted by Crippen LogP contribution is 2.28. The Morgan fingerprint density at radius 1 is 1.20 bits per heavy atom. The van der Waals surface area contributed by atoms with Gasteiger partial charge in [-0.05, 0) is 19.1 Å². The lowest BCUT2D eigenvalue weighted by Gasteiger charge is -2.12. The van der Waals surface area contributed by atoms with Gasteiger partial charge < -0.3 is 11.1 Å².